The van der Waals surface area contributed by atoms with Crippen LogP contribution in [-0.2, 0) is 0 Å². The lowest BCUT2D eigenvalue weighted by Gasteiger charge is -2.27. The first kappa shape index (κ1) is 11.4. The molecular weight excluding hydrogens is 184 g/mol. The Bertz CT molecular complexity index is 173. The van der Waals surface area contributed by atoms with Gasteiger partial charge in [-0.1, -0.05) is 13.3 Å². The molecule has 0 amide bonds. The summed E-state index contributed by atoms with van der Waals surface area (Å²) >= 11 is 0. The summed E-state index contributed by atoms with van der Waals surface area (Å²) in [6.45, 7) is 8.87. The molecule has 1 aliphatic heterocycles. The Labute approximate surface area is 94.4 Å². The minimum Gasteiger partial charge on any atom is -0.317 e. The highest BCUT2D eigenvalue weighted by Crippen LogP contribution is 2.30. The summed E-state index contributed by atoms with van der Waals surface area (Å²) in [6.07, 6.45) is 7.11. The van der Waals surface area contributed by atoms with Gasteiger partial charge in [0.1, 0.15) is 0 Å². The number of hydrogen-bond acceptors (Lipinski definition) is 2. The van der Waals surface area contributed by atoms with Crippen molar-refractivity contribution in [3.05, 3.63) is 0 Å². The zero-order valence-corrected chi connectivity index (χ0v) is 10.2. The van der Waals surface area contributed by atoms with Gasteiger partial charge in [0.05, 0.1) is 0 Å². The average molecular weight is 210 g/mol. The van der Waals surface area contributed by atoms with E-state index in [9.17, 15) is 0 Å². The van der Waals surface area contributed by atoms with Crippen LogP contribution in [0.4, 0.5) is 0 Å². The van der Waals surface area contributed by atoms with Gasteiger partial charge in [-0.05, 0) is 63.7 Å². The highest BCUT2D eigenvalue weighted by molar-refractivity contribution is 4.76. The van der Waals surface area contributed by atoms with E-state index in [1.54, 1.807) is 0 Å². The lowest BCUT2D eigenvalue weighted by molar-refractivity contribution is 0.214. The third-order valence-corrected chi connectivity index (χ3v) is 3.98. The normalized spacial score (nSPS) is 35.0. The Kier molecular flexibility index (Phi) is 4.45. The van der Waals surface area contributed by atoms with Crippen molar-refractivity contribution in [1.29, 1.82) is 0 Å². The van der Waals surface area contributed by atoms with Gasteiger partial charge in [-0.3, -0.25) is 0 Å². The van der Waals surface area contributed by atoms with Gasteiger partial charge < -0.3 is 10.2 Å². The molecule has 0 spiro atoms. The van der Waals surface area contributed by atoms with E-state index in [2.05, 4.69) is 17.1 Å². The Morgan fingerprint density at radius 3 is 2.47 bits per heavy atom. The molecule has 2 aliphatic rings. The predicted molar refractivity (Wildman–Crippen MR) is 65.0 cm³/mol. The summed E-state index contributed by atoms with van der Waals surface area (Å²) in [5.74, 6) is 2.00. The zero-order chi connectivity index (χ0) is 10.5. The van der Waals surface area contributed by atoms with E-state index in [4.69, 9.17) is 0 Å². The number of rotatable bonds is 2. The fourth-order valence-corrected chi connectivity index (χ4v) is 3.13. The van der Waals surface area contributed by atoms with E-state index in [0.717, 1.165) is 11.8 Å². The summed E-state index contributed by atoms with van der Waals surface area (Å²) in [5.41, 5.74) is 0. The van der Waals surface area contributed by atoms with Gasteiger partial charge in [0.15, 0.2) is 0 Å². The highest BCUT2D eigenvalue weighted by atomic mass is 15.1. The lowest BCUT2D eigenvalue weighted by atomic mass is 10.1. The summed E-state index contributed by atoms with van der Waals surface area (Å²) in [4.78, 5) is 2.71. The first-order chi connectivity index (χ1) is 7.34. The molecule has 0 bridgehead atoms. The summed E-state index contributed by atoms with van der Waals surface area (Å²) in [6, 6.07) is 0. The molecular formula is C13H26N2. The van der Waals surface area contributed by atoms with Crippen LogP contribution in [0.25, 0.3) is 0 Å². The third kappa shape index (κ3) is 3.76. The van der Waals surface area contributed by atoms with Crippen molar-refractivity contribution in [2.75, 3.05) is 32.7 Å². The minimum atomic E-state index is 0.992. The van der Waals surface area contributed by atoms with Crippen LogP contribution in [0.1, 0.15) is 39.0 Å². The molecule has 1 saturated heterocycles. The largest absolute Gasteiger partial charge is 0.317 e. The molecule has 0 radical (unpaired) electrons. The van der Waals surface area contributed by atoms with E-state index in [0.29, 0.717) is 0 Å². The lowest BCUT2D eigenvalue weighted by Crippen LogP contribution is -2.36. The second kappa shape index (κ2) is 5.86. The Balaban J connectivity index is 1.71. The van der Waals surface area contributed by atoms with Crippen LogP contribution in [0.15, 0.2) is 0 Å². The van der Waals surface area contributed by atoms with Crippen LogP contribution in [0.3, 0.4) is 0 Å². The van der Waals surface area contributed by atoms with Crippen LogP contribution in [0.2, 0.25) is 0 Å². The molecule has 0 aromatic heterocycles. The van der Waals surface area contributed by atoms with Gasteiger partial charge in [0.25, 0.3) is 0 Å². The van der Waals surface area contributed by atoms with E-state index in [1.165, 1.54) is 64.8 Å². The quantitative estimate of drug-likeness (QED) is 0.751. The summed E-state index contributed by atoms with van der Waals surface area (Å²) in [7, 11) is 0. The molecule has 88 valence electrons. The highest BCUT2D eigenvalue weighted by Gasteiger charge is 2.23. The monoisotopic (exact) mass is 210 g/mol. The molecule has 1 heterocycles. The molecule has 15 heavy (non-hydrogen) atoms. The maximum atomic E-state index is 3.48. The molecule has 2 fully saturated rings. The van der Waals surface area contributed by atoms with Crippen LogP contribution < -0.4 is 5.32 Å². The fourth-order valence-electron chi connectivity index (χ4n) is 3.13. The van der Waals surface area contributed by atoms with Crippen molar-refractivity contribution in [2.24, 2.45) is 11.8 Å². The van der Waals surface area contributed by atoms with Gasteiger partial charge in [0.2, 0.25) is 0 Å². The number of nitrogens with zero attached hydrogens (tertiary/aromatic N) is 1. The Morgan fingerprint density at radius 1 is 1.13 bits per heavy atom. The molecule has 2 rings (SSSR count). The van der Waals surface area contributed by atoms with Crippen molar-refractivity contribution in [2.45, 2.75) is 39.0 Å². The Morgan fingerprint density at radius 2 is 1.87 bits per heavy atom. The third-order valence-electron chi connectivity index (χ3n) is 3.98. The van der Waals surface area contributed by atoms with Crippen molar-refractivity contribution >= 4 is 0 Å². The molecule has 0 aromatic rings. The maximum Gasteiger partial charge on any atom is 0.000978 e. The van der Waals surface area contributed by atoms with Gasteiger partial charge in [-0.2, -0.15) is 0 Å². The van der Waals surface area contributed by atoms with Crippen LogP contribution >= 0.6 is 0 Å². The van der Waals surface area contributed by atoms with Gasteiger partial charge in [0, 0.05) is 6.54 Å². The maximum absolute atomic E-state index is 3.48. The van der Waals surface area contributed by atoms with Crippen LogP contribution in [0.5, 0.6) is 0 Å². The second-order valence-corrected chi connectivity index (χ2v) is 5.54. The molecule has 1 saturated carbocycles. The van der Waals surface area contributed by atoms with E-state index in [-0.39, 0.29) is 0 Å². The van der Waals surface area contributed by atoms with Gasteiger partial charge in [-0.25, -0.2) is 0 Å². The van der Waals surface area contributed by atoms with Gasteiger partial charge >= 0.3 is 0 Å². The predicted octanol–water partition coefficient (Wildman–Crippen LogP) is 2.11. The summed E-state index contributed by atoms with van der Waals surface area (Å²) < 4.78 is 0. The Hall–Kier alpha value is -0.0800. The average Bonchev–Trinajstić information content (AvgIpc) is 2.56. The van der Waals surface area contributed by atoms with Crippen LogP contribution in [0, 0.1) is 11.8 Å². The number of hydrogen-bond donors (Lipinski definition) is 1. The van der Waals surface area contributed by atoms with E-state index < -0.39 is 0 Å². The van der Waals surface area contributed by atoms with Crippen molar-refractivity contribution in [3.63, 3.8) is 0 Å². The van der Waals surface area contributed by atoms with Crippen molar-refractivity contribution < 1.29 is 0 Å². The molecule has 2 heteroatoms. The fraction of sp³-hybridized carbons (Fsp3) is 1.00. The van der Waals surface area contributed by atoms with Gasteiger partial charge in [-0.15, -0.1) is 0 Å². The topological polar surface area (TPSA) is 15.3 Å². The molecule has 2 unspecified atom stereocenters. The van der Waals surface area contributed by atoms with Crippen molar-refractivity contribution in [1.82, 2.24) is 10.2 Å². The smallest absolute Gasteiger partial charge is 0.000978 e. The van der Waals surface area contributed by atoms with E-state index in [1.807, 2.05) is 0 Å². The zero-order valence-electron chi connectivity index (χ0n) is 10.2. The molecule has 1 N–H and O–H groups in total. The molecule has 2 nitrogen and oxygen atoms in total. The van der Waals surface area contributed by atoms with Crippen molar-refractivity contribution in [3.8, 4) is 0 Å². The van der Waals surface area contributed by atoms with E-state index >= 15 is 0 Å². The summed E-state index contributed by atoms with van der Waals surface area (Å²) in [5, 5.41) is 3.48. The standard InChI is InChI=1S/C13H26N2/c1-12-4-5-13(10-12)11-15-8-2-6-14-7-3-9-15/h12-14H,2-11H2,1H3. The SMILES string of the molecule is CC1CCC(CN2CCCNCCC2)C1. The molecule has 2 atom stereocenters. The number of nitrogens with one attached hydrogen (secondary N) is 1. The molecule has 0 aromatic carbocycles. The van der Waals surface area contributed by atoms with Crippen LogP contribution in [-0.4, -0.2) is 37.6 Å². The first-order valence-electron chi connectivity index (χ1n) is 6.77. The first-order valence-corrected chi connectivity index (χ1v) is 6.77. The molecule has 1 aliphatic carbocycles. The minimum absolute atomic E-state index is 0.992. The second-order valence-electron chi connectivity index (χ2n) is 5.54.